The maximum Gasteiger partial charge on any atom is 0.289 e. The molecule has 1 aromatic carbocycles. The number of para-hydroxylation sites is 1. The van der Waals surface area contributed by atoms with E-state index in [2.05, 4.69) is 24.1 Å². The van der Waals surface area contributed by atoms with E-state index in [1.54, 1.807) is 13.2 Å². The molecule has 172 valence electrons. The van der Waals surface area contributed by atoms with Gasteiger partial charge in [-0.2, -0.15) is 0 Å². The van der Waals surface area contributed by atoms with E-state index in [9.17, 15) is 9.59 Å². The predicted octanol–water partition coefficient (Wildman–Crippen LogP) is 3.28. The van der Waals surface area contributed by atoms with Crippen molar-refractivity contribution in [2.24, 2.45) is 11.8 Å². The molecule has 1 spiro atoms. The van der Waals surface area contributed by atoms with Gasteiger partial charge in [-0.25, -0.2) is 0 Å². The minimum absolute atomic E-state index is 0.0828. The zero-order chi connectivity index (χ0) is 22.5. The molecular weight excluding hydrogens is 406 g/mol. The highest BCUT2D eigenvalue weighted by atomic mass is 16.5. The topological polar surface area (TPSA) is 75.0 Å². The Morgan fingerprint density at radius 3 is 2.81 bits per heavy atom. The molecule has 3 saturated heterocycles. The number of ether oxygens (including phenoxy) is 1. The Hall–Kier alpha value is -2.54. The number of rotatable bonds is 5. The first kappa shape index (κ1) is 21.3. The Labute approximate surface area is 189 Å². The van der Waals surface area contributed by atoms with E-state index in [1.165, 1.54) is 6.42 Å². The van der Waals surface area contributed by atoms with Crippen LogP contribution >= 0.6 is 0 Å². The summed E-state index contributed by atoms with van der Waals surface area (Å²) in [6.07, 6.45) is 3.92. The first-order valence-electron chi connectivity index (χ1n) is 11.9. The summed E-state index contributed by atoms with van der Waals surface area (Å²) in [6, 6.07) is 7.95. The quantitative estimate of drug-likeness (QED) is 0.774. The van der Waals surface area contributed by atoms with Crippen LogP contribution in [-0.4, -0.2) is 66.5 Å². The number of methoxy groups -OCH3 is 1. The van der Waals surface area contributed by atoms with E-state index in [1.807, 2.05) is 23.1 Å². The lowest BCUT2D eigenvalue weighted by Crippen LogP contribution is -2.56. The lowest BCUT2D eigenvalue weighted by molar-refractivity contribution is -0.123. The van der Waals surface area contributed by atoms with Crippen LogP contribution in [0.4, 0.5) is 0 Å². The Kier molecular flexibility index (Phi) is 5.40. The summed E-state index contributed by atoms with van der Waals surface area (Å²) < 4.78 is 11.2. The lowest BCUT2D eigenvalue weighted by Gasteiger charge is -2.42. The summed E-state index contributed by atoms with van der Waals surface area (Å²) in [5.74, 6) is 1.49. The van der Waals surface area contributed by atoms with Crippen LogP contribution < -0.4 is 10.1 Å². The van der Waals surface area contributed by atoms with Crippen molar-refractivity contribution in [2.75, 3.05) is 33.3 Å². The molecule has 2 aromatic rings. The molecule has 1 aromatic heterocycles. The molecule has 0 saturated carbocycles. The predicted molar refractivity (Wildman–Crippen MR) is 122 cm³/mol. The van der Waals surface area contributed by atoms with E-state index in [0.717, 1.165) is 37.7 Å². The summed E-state index contributed by atoms with van der Waals surface area (Å²) in [5, 5.41) is 4.22. The van der Waals surface area contributed by atoms with Gasteiger partial charge in [-0.3, -0.25) is 14.5 Å². The molecule has 3 atom stereocenters. The number of carbonyl (C=O) groups excluding carboxylic acids is 2. The van der Waals surface area contributed by atoms with Crippen molar-refractivity contribution >= 4 is 22.8 Å². The normalized spacial score (nSPS) is 25.8. The second kappa shape index (κ2) is 8.10. The molecule has 7 nitrogen and oxygen atoms in total. The first-order chi connectivity index (χ1) is 15.5. The van der Waals surface area contributed by atoms with Gasteiger partial charge in [0.15, 0.2) is 17.1 Å². The number of hydrogen-bond acceptors (Lipinski definition) is 5. The van der Waals surface area contributed by atoms with E-state index in [4.69, 9.17) is 9.15 Å². The number of nitrogens with zero attached hydrogens (tertiary/aromatic N) is 2. The largest absolute Gasteiger partial charge is 0.493 e. The Morgan fingerprint density at radius 2 is 2.09 bits per heavy atom. The molecule has 7 heteroatoms. The fourth-order valence-corrected chi connectivity index (χ4v) is 6.11. The van der Waals surface area contributed by atoms with E-state index in [-0.39, 0.29) is 23.3 Å². The minimum Gasteiger partial charge on any atom is -0.493 e. The minimum atomic E-state index is -0.184. The molecule has 0 aliphatic carbocycles. The molecule has 0 radical (unpaired) electrons. The summed E-state index contributed by atoms with van der Waals surface area (Å²) in [6.45, 7) is 7.58. The molecule has 32 heavy (non-hydrogen) atoms. The maximum absolute atomic E-state index is 13.2. The van der Waals surface area contributed by atoms with Crippen molar-refractivity contribution in [1.29, 1.82) is 0 Å². The van der Waals surface area contributed by atoms with Crippen molar-refractivity contribution < 1.29 is 18.7 Å². The summed E-state index contributed by atoms with van der Waals surface area (Å²) in [7, 11) is 1.60. The van der Waals surface area contributed by atoms with E-state index >= 15 is 0 Å². The van der Waals surface area contributed by atoms with Gasteiger partial charge in [0.05, 0.1) is 13.0 Å². The number of piperidine rings is 1. The first-order valence-corrected chi connectivity index (χ1v) is 11.9. The summed E-state index contributed by atoms with van der Waals surface area (Å²) in [4.78, 5) is 30.3. The van der Waals surface area contributed by atoms with Gasteiger partial charge in [0.1, 0.15) is 0 Å². The van der Waals surface area contributed by atoms with Gasteiger partial charge in [0, 0.05) is 49.1 Å². The van der Waals surface area contributed by atoms with E-state index < -0.39 is 0 Å². The molecule has 0 bridgehead atoms. The number of carbonyl (C=O) groups is 2. The third kappa shape index (κ3) is 3.38. The number of fused-ring (bicyclic) bond motifs is 3. The molecule has 3 aliphatic heterocycles. The van der Waals surface area contributed by atoms with Crippen molar-refractivity contribution in [3.05, 3.63) is 30.0 Å². The standard InChI is InChI=1S/C25H33N3O4/c1-4-6-16(2)28-14-18-19(15-28)25(26-23(18)29)9-11-27(12-10-25)24(30)21-13-17-7-5-8-20(31-3)22(17)32-21/h5,7-8,13,16,18-19H,4,6,9-12,14-15H2,1-3H3,(H,26,29)/t16?,18-,19+/m1/s1. The summed E-state index contributed by atoms with van der Waals surface area (Å²) in [5.41, 5.74) is 0.418. The number of likely N-dealkylation sites (tertiary alicyclic amines) is 2. The van der Waals surface area contributed by atoms with Gasteiger partial charge < -0.3 is 19.4 Å². The van der Waals surface area contributed by atoms with Crippen LogP contribution in [0, 0.1) is 11.8 Å². The smallest absolute Gasteiger partial charge is 0.289 e. The van der Waals surface area contributed by atoms with Crippen molar-refractivity contribution in [1.82, 2.24) is 15.1 Å². The van der Waals surface area contributed by atoms with Crippen molar-refractivity contribution in [3.63, 3.8) is 0 Å². The molecule has 2 amide bonds. The van der Waals surface area contributed by atoms with Gasteiger partial charge in [0.25, 0.3) is 5.91 Å². The monoisotopic (exact) mass is 439 g/mol. The Balaban J connectivity index is 1.29. The highest BCUT2D eigenvalue weighted by Crippen LogP contribution is 2.45. The van der Waals surface area contributed by atoms with Crippen LogP contribution in [0.2, 0.25) is 0 Å². The molecule has 3 aliphatic rings. The Morgan fingerprint density at radius 1 is 1.31 bits per heavy atom. The van der Waals surface area contributed by atoms with Crippen molar-refractivity contribution in [2.45, 2.75) is 51.1 Å². The number of furan rings is 1. The highest BCUT2D eigenvalue weighted by Gasteiger charge is 2.57. The van der Waals surface area contributed by atoms with Gasteiger partial charge in [0.2, 0.25) is 5.91 Å². The molecule has 1 N–H and O–H groups in total. The Bertz CT molecular complexity index is 1020. The zero-order valence-electron chi connectivity index (χ0n) is 19.2. The fourth-order valence-electron chi connectivity index (χ4n) is 6.11. The third-order valence-electron chi connectivity index (χ3n) is 7.98. The van der Waals surface area contributed by atoms with Crippen LogP contribution in [0.25, 0.3) is 11.0 Å². The lowest BCUT2D eigenvalue weighted by atomic mass is 9.75. The molecule has 3 fully saturated rings. The SMILES string of the molecule is CCCC(C)N1C[C@H]2C(=O)NC3(CCN(C(=O)c4cc5cccc(OC)c5o4)CC3)[C@H]2C1. The average Bonchev–Trinajstić information content (AvgIpc) is 3.49. The highest BCUT2D eigenvalue weighted by molar-refractivity contribution is 5.97. The van der Waals surface area contributed by atoms with Crippen molar-refractivity contribution in [3.8, 4) is 5.75 Å². The van der Waals surface area contributed by atoms with Gasteiger partial charge in [-0.15, -0.1) is 0 Å². The molecular formula is C25H33N3O4. The average molecular weight is 440 g/mol. The van der Waals surface area contributed by atoms with Crippen LogP contribution in [0.3, 0.4) is 0 Å². The van der Waals surface area contributed by atoms with Gasteiger partial charge in [-0.1, -0.05) is 25.5 Å². The van der Waals surface area contributed by atoms with Crippen LogP contribution in [0.15, 0.2) is 28.7 Å². The molecule has 5 rings (SSSR count). The second-order valence-electron chi connectivity index (χ2n) is 9.73. The van der Waals surface area contributed by atoms with Crippen LogP contribution in [0.5, 0.6) is 5.75 Å². The van der Waals surface area contributed by atoms with Crippen LogP contribution in [-0.2, 0) is 4.79 Å². The van der Waals surface area contributed by atoms with Gasteiger partial charge >= 0.3 is 0 Å². The van der Waals surface area contributed by atoms with E-state index in [0.29, 0.717) is 42.1 Å². The van der Waals surface area contributed by atoms with Gasteiger partial charge in [-0.05, 0) is 38.3 Å². The maximum atomic E-state index is 13.2. The second-order valence-corrected chi connectivity index (χ2v) is 9.73. The number of hydrogen-bond donors (Lipinski definition) is 1. The summed E-state index contributed by atoms with van der Waals surface area (Å²) >= 11 is 0. The zero-order valence-corrected chi connectivity index (χ0v) is 19.2. The molecule has 4 heterocycles. The number of nitrogens with one attached hydrogen (secondary N) is 1. The molecule has 1 unspecified atom stereocenters. The number of benzene rings is 1. The third-order valence-corrected chi connectivity index (χ3v) is 7.98. The fraction of sp³-hybridized carbons (Fsp3) is 0.600. The number of amides is 2. The van der Waals surface area contributed by atoms with Crippen LogP contribution in [0.1, 0.15) is 50.1 Å².